The van der Waals surface area contributed by atoms with Crippen molar-refractivity contribution in [1.82, 2.24) is 5.32 Å². The second kappa shape index (κ2) is 7.46. The van der Waals surface area contributed by atoms with E-state index in [1.54, 1.807) is 42.5 Å². The predicted octanol–water partition coefficient (Wildman–Crippen LogP) is 4.83. The molecule has 1 atom stereocenters. The van der Waals surface area contributed by atoms with Crippen molar-refractivity contribution in [3.63, 3.8) is 0 Å². The highest BCUT2D eigenvalue weighted by molar-refractivity contribution is 6.35. The Labute approximate surface area is 156 Å². The Kier molecular flexibility index (Phi) is 5.30. The largest absolute Gasteiger partial charge is 0.345 e. The van der Waals surface area contributed by atoms with Gasteiger partial charge in [-0.25, -0.2) is 0 Å². The van der Waals surface area contributed by atoms with E-state index in [9.17, 15) is 9.59 Å². The van der Waals surface area contributed by atoms with Gasteiger partial charge in [0.1, 0.15) is 0 Å². The average molecular weight is 377 g/mol. The third-order valence-corrected chi connectivity index (χ3v) is 4.70. The average Bonchev–Trinajstić information content (AvgIpc) is 3.40. The molecule has 0 heterocycles. The normalized spacial score (nSPS) is 14.7. The number of carbonyl (C=O) groups excluding carboxylic acids is 2. The summed E-state index contributed by atoms with van der Waals surface area (Å²) in [7, 11) is 0. The molecule has 130 valence electrons. The second-order valence-electron chi connectivity index (χ2n) is 6.20. The Morgan fingerprint density at radius 2 is 1.76 bits per heavy atom. The number of nitrogens with one attached hydrogen (secondary N) is 2. The van der Waals surface area contributed by atoms with Crippen LogP contribution < -0.4 is 10.6 Å². The molecule has 0 radical (unpaired) electrons. The lowest BCUT2D eigenvalue weighted by atomic mass is 10.1. The molecule has 0 aliphatic heterocycles. The van der Waals surface area contributed by atoms with E-state index in [-0.39, 0.29) is 23.8 Å². The summed E-state index contributed by atoms with van der Waals surface area (Å²) in [6.07, 6.45) is 1.91. The number of amides is 2. The Hall–Kier alpha value is -2.04. The van der Waals surface area contributed by atoms with Gasteiger partial charge in [0, 0.05) is 27.2 Å². The first kappa shape index (κ1) is 17.8. The minimum Gasteiger partial charge on any atom is -0.345 e. The molecule has 4 nitrogen and oxygen atoms in total. The molecule has 2 N–H and O–H groups in total. The molecule has 0 aromatic heterocycles. The van der Waals surface area contributed by atoms with E-state index in [4.69, 9.17) is 23.2 Å². The van der Waals surface area contributed by atoms with Crippen LogP contribution in [0.3, 0.4) is 0 Å². The van der Waals surface area contributed by atoms with Crippen molar-refractivity contribution in [3.05, 3.63) is 63.6 Å². The van der Waals surface area contributed by atoms with Gasteiger partial charge in [0.15, 0.2) is 0 Å². The third kappa shape index (κ3) is 4.53. The molecule has 2 amide bonds. The fourth-order valence-corrected chi connectivity index (χ4v) is 3.08. The number of anilines is 1. The van der Waals surface area contributed by atoms with Crippen molar-refractivity contribution >= 4 is 40.7 Å². The fraction of sp³-hybridized carbons (Fsp3) is 0.263. The van der Waals surface area contributed by atoms with Crippen LogP contribution in [0.2, 0.25) is 10.0 Å². The summed E-state index contributed by atoms with van der Waals surface area (Å²) >= 11 is 12.1. The molecule has 0 spiro atoms. The lowest BCUT2D eigenvalue weighted by Crippen LogP contribution is -2.26. The van der Waals surface area contributed by atoms with Gasteiger partial charge in [0.05, 0.1) is 6.04 Å². The predicted molar refractivity (Wildman–Crippen MR) is 100 cm³/mol. The van der Waals surface area contributed by atoms with Crippen LogP contribution in [0.15, 0.2) is 42.5 Å². The van der Waals surface area contributed by atoms with Gasteiger partial charge < -0.3 is 10.6 Å². The molecule has 6 heteroatoms. The molecule has 1 saturated carbocycles. The van der Waals surface area contributed by atoms with E-state index in [0.29, 0.717) is 21.3 Å². The summed E-state index contributed by atoms with van der Waals surface area (Å²) in [4.78, 5) is 24.1. The maximum atomic E-state index is 12.4. The van der Waals surface area contributed by atoms with E-state index in [1.165, 1.54) is 0 Å². The van der Waals surface area contributed by atoms with Crippen LogP contribution in [0.5, 0.6) is 0 Å². The van der Waals surface area contributed by atoms with E-state index >= 15 is 0 Å². The third-order valence-electron chi connectivity index (χ3n) is 4.14. The van der Waals surface area contributed by atoms with Crippen LogP contribution in [0.4, 0.5) is 5.69 Å². The van der Waals surface area contributed by atoms with Gasteiger partial charge in [0.2, 0.25) is 5.91 Å². The quantitative estimate of drug-likeness (QED) is 0.784. The molecule has 25 heavy (non-hydrogen) atoms. The summed E-state index contributed by atoms with van der Waals surface area (Å²) in [5.74, 6) is -0.0188. The monoisotopic (exact) mass is 376 g/mol. The highest BCUT2D eigenvalue weighted by atomic mass is 35.5. The van der Waals surface area contributed by atoms with Crippen LogP contribution in [0.25, 0.3) is 0 Å². The topological polar surface area (TPSA) is 58.2 Å². The number of benzene rings is 2. The van der Waals surface area contributed by atoms with Gasteiger partial charge in [-0.3, -0.25) is 9.59 Å². The molecule has 1 unspecified atom stereocenters. The molecule has 1 aliphatic rings. The number of hydrogen-bond donors (Lipinski definition) is 2. The Balaban J connectivity index is 1.63. The van der Waals surface area contributed by atoms with Crippen molar-refractivity contribution in [2.24, 2.45) is 5.92 Å². The van der Waals surface area contributed by atoms with E-state index in [0.717, 1.165) is 18.4 Å². The molecule has 2 aromatic carbocycles. The van der Waals surface area contributed by atoms with Crippen molar-refractivity contribution < 1.29 is 9.59 Å². The smallest absolute Gasteiger partial charge is 0.251 e. The number of halogens is 2. The lowest BCUT2D eigenvalue weighted by Gasteiger charge is -2.16. The Morgan fingerprint density at radius 1 is 1.08 bits per heavy atom. The zero-order valence-corrected chi connectivity index (χ0v) is 15.2. The molecular weight excluding hydrogens is 359 g/mol. The zero-order chi connectivity index (χ0) is 18.0. The van der Waals surface area contributed by atoms with E-state index < -0.39 is 0 Å². The molecule has 0 saturated heterocycles. The molecule has 1 aliphatic carbocycles. The Bertz CT molecular complexity index is 802. The van der Waals surface area contributed by atoms with Crippen molar-refractivity contribution in [1.29, 1.82) is 0 Å². The van der Waals surface area contributed by atoms with Gasteiger partial charge in [-0.05, 0) is 61.7 Å². The summed E-state index contributed by atoms with van der Waals surface area (Å²) in [5, 5.41) is 6.82. The van der Waals surface area contributed by atoms with Crippen molar-refractivity contribution in [2.45, 2.75) is 25.8 Å². The number of hydrogen-bond acceptors (Lipinski definition) is 2. The van der Waals surface area contributed by atoms with Gasteiger partial charge in [-0.2, -0.15) is 0 Å². The van der Waals surface area contributed by atoms with Crippen molar-refractivity contribution in [3.8, 4) is 0 Å². The van der Waals surface area contributed by atoms with Gasteiger partial charge in [-0.1, -0.05) is 29.3 Å². The van der Waals surface area contributed by atoms with E-state index in [1.807, 2.05) is 6.92 Å². The maximum absolute atomic E-state index is 12.4. The SMILES string of the molecule is CC(NC(=O)c1ccc(NC(=O)C2CC2)cc1)c1ccc(Cl)cc1Cl. The molecule has 1 fully saturated rings. The van der Waals surface area contributed by atoms with Gasteiger partial charge in [0.25, 0.3) is 5.91 Å². The molecular formula is C19H18Cl2N2O2. The zero-order valence-electron chi connectivity index (χ0n) is 13.7. The number of rotatable bonds is 5. The van der Waals surface area contributed by atoms with Crippen LogP contribution in [0, 0.1) is 5.92 Å². The van der Waals surface area contributed by atoms with Gasteiger partial charge >= 0.3 is 0 Å². The second-order valence-corrected chi connectivity index (χ2v) is 7.05. The van der Waals surface area contributed by atoms with E-state index in [2.05, 4.69) is 10.6 Å². The first-order valence-corrected chi connectivity index (χ1v) is 8.86. The summed E-state index contributed by atoms with van der Waals surface area (Å²) in [6, 6.07) is 11.8. The summed E-state index contributed by atoms with van der Waals surface area (Å²) in [6.45, 7) is 1.86. The number of carbonyl (C=O) groups is 2. The highest BCUT2D eigenvalue weighted by Gasteiger charge is 2.29. The van der Waals surface area contributed by atoms with Crippen LogP contribution >= 0.6 is 23.2 Å². The first-order chi connectivity index (χ1) is 11.9. The molecule has 0 bridgehead atoms. The first-order valence-electron chi connectivity index (χ1n) is 8.11. The van der Waals surface area contributed by atoms with Crippen molar-refractivity contribution in [2.75, 3.05) is 5.32 Å². The highest BCUT2D eigenvalue weighted by Crippen LogP contribution is 2.30. The fourth-order valence-electron chi connectivity index (χ4n) is 2.51. The van der Waals surface area contributed by atoms with Gasteiger partial charge in [-0.15, -0.1) is 0 Å². The van der Waals surface area contributed by atoms with Crippen LogP contribution in [-0.4, -0.2) is 11.8 Å². The Morgan fingerprint density at radius 3 is 2.36 bits per heavy atom. The summed E-state index contributed by atoms with van der Waals surface area (Å²) in [5.41, 5.74) is 2.01. The summed E-state index contributed by atoms with van der Waals surface area (Å²) < 4.78 is 0. The molecule has 3 rings (SSSR count). The van der Waals surface area contributed by atoms with Crippen LogP contribution in [0.1, 0.15) is 41.7 Å². The minimum atomic E-state index is -0.258. The standard InChI is InChI=1S/C19H18Cl2N2O2/c1-11(16-9-6-14(20)10-17(16)21)22-18(24)13-4-7-15(8-5-13)23-19(25)12-2-3-12/h4-12H,2-3H2,1H3,(H,22,24)(H,23,25). The maximum Gasteiger partial charge on any atom is 0.251 e. The lowest BCUT2D eigenvalue weighted by molar-refractivity contribution is -0.117. The molecule has 2 aromatic rings. The van der Waals surface area contributed by atoms with Crippen LogP contribution in [-0.2, 0) is 4.79 Å². The minimum absolute atomic E-state index is 0.0446.